The summed E-state index contributed by atoms with van der Waals surface area (Å²) in [6.45, 7) is 1.29. The average Bonchev–Trinajstić information content (AvgIpc) is 2.74. The molecular formula is C23H40O8. The summed E-state index contributed by atoms with van der Waals surface area (Å²) >= 11 is 0. The van der Waals surface area contributed by atoms with E-state index in [2.05, 4.69) is 6.92 Å². The van der Waals surface area contributed by atoms with E-state index in [1.807, 2.05) is 12.2 Å². The van der Waals surface area contributed by atoms with Crippen LogP contribution in [-0.4, -0.2) is 75.4 Å². The number of aliphatic hydroxyl groups is 5. The minimum atomic E-state index is -1.03. The van der Waals surface area contributed by atoms with Crippen LogP contribution >= 0.6 is 0 Å². The molecule has 1 fully saturated rings. The quantitative estimate of drug-likeness (QED) is 0.146. The van der Waals surface area contributed by atoms with Gasteiger partial charge in [0.25, 0.3) is 0 Å². The smallest absolute Gasteiger partial charge is 0.306 e. The maximum Gasteiger partial charge on any atom is 0.306 e. The molecule has 0 aromatic rings. The molecule has 8 nitrogen and oxygen atoms in total. The lowest BCUT2D eigenvalue weighted by Crippen LogP contribution is -2.43. The van der Waals surface area contributed by atoms with Crippen molar-refractivity contribution in [3.05, 3.63) is 24.3 Å². The van der Waals surface area contributed by atoms with Crippen LogP contribution in [0.1, 0.15) is 64.7 Å². The Morgan fingerprint density at radius 2 is 1.90 bits per heavy atom. The molecule has 0 amide bonds. The van der Waals surface area contributed by atoms with E-state index in [0.717, 1.165) is 19.3 Å². The van der Waals surface area contributed by atoms with Gasteiger partial charge in [-0.3, -0.25) is 4.79 Å². The summed E-state index contributed by atoms with van der Waals surface area (Å²) < 4.78 is 10.5. The van der Waals surface area contributed by atoms with Crippen molar-refractivity contribution in [1.82, 2.24) is 0 Å². The Morgan fingerprint density at radius 3 is 2.58 bits per heavy atom. The van der Waals surface area contributed by atoms with Gasteiger partial charge in [0.1, 0.15) is 6.10 Å². The molecular weight excluding hydrogens is 404 g/mol. The van der Waals surface area contributed by atoms with Gasteiger partial charge in [-0.2, -0.15) is 0 Å². The summed E-state index contributed by atoms with van der Waals surface area (Å²) in [6.07, 6.45) is 9.40. The van der Waals surface area contributed by atoms with Gasteiger partial charge in [-0.05, 0) is 25.7 Å². The zero-order valence-electron chi connectivity index (χ0n) is 18.5. The van der Waals surface area contributed by atoms with Crippen LogP contribution in [0.2, 0.25) is 0 Å². The molecule has 31 heavy (non-hydrogen) atoms. The van der Waals surface area contributed by atoms with Crippen LogP contribution in [-0.2, 0) is 14.3 Å². The van der Waals surface area contributed by atoms with Gasteiger partial charge in [-0.25, -0.2) is 0 Å². The molecule has 1 heterocycles. The molecule has 0 radical (unpaired) electrons. The molecule has 0 aromatic carbocycles. The Balaban J connectivity index is 2.45. The number of hydrogen-bond donors (Lipinski definition) is 5. The van der Waals surface area contributed by atoms with Crippen LogP contribution in [0.4, 0.5) is 0 Å². The summed E-state index contributed by atoms with van der Waals surface area (Å²) in [4.78, 5) is 11.6. The zero-order valence-corrected chi connectivity index (χ0v) is 18.5. The molecule has 1 saturated heterocycles. The van der Waals surface area contributed by atoms with Crippen LogP contribution in [0.15, 0.2) is 24.3 Å². The van der Waals surface area contributed by atoms with Gasteiger partial charge in [-0.1, -0.05) is 50.5 Å². The number of esters is 1. The maximum atomic E-state index is 11.6. The van der Waals surface area contributed by atoms with E-state index in [9.17, 15) is 20.1 Å². The van der Waals surface area contributed by atoms with Gasteiger partial charge in [0.15, 0.2) is 6.29 Å². The highest BCUT2D eigenvalue weighted by Crippen LogP contribution is 2.29. The Labute approximate surface area is 185 Å². The first kappa shape index (κ1) is 27.7. The average molecular weight is 445 g/mol. The van der Waals surface area contributed by atoms with Crippen molar-refractivity contribution >= 4 is 5.97 Å². The Bertz CT molecular complexity index is 532. The molecule has 5 N–H and O–H groups in total. The Morgan fingerprint density at radius 1 is 1.16 bits per heavy atom. The number of unbranched alkanes of at least 4 members (excludes halogenated alkanes) is 3. The molecule has 1 aliphatic heterocycles. The first-order valence-electron chi connectivity index (χ1n) is 11.3. The molecule has 180 valence electrons. The molecule has 8 heteroatoms. The van der Waals surface area contributed by atoms with Crippen molar-refractivity contribution in [2.45, 2.75) is 95.4 Å². The lowest BCUT2D eigenvalue weighted by molar-refractivity contribution is -0.199. The minimum absolute atomic E-state index is 0.143. The number of carbonyl (C=O) groups is 1. The molecule has 0 saturated carbocycles. The van der Waals surface area contributed by atoms with E-state index >= 15 is 0 Å². The fourth-order valence-electron chi connectivity index (χ4n) is 3.47. The summed E-state index contributed by atoms with van der Waals surface area (Å²) in [5, 5.41) is 48.1. The number of ether oxygens (including phenoxy) is 2. The molecule has 0 aromatic heterocycles. The summed E-state index contributed by atoms with van der Waals surface area (Å²) in [5.74, 6) is -0.701. The molecule has 3 unspecified atom stereocenters. The third-order valence-electron chi connectivity index (χ3n) is 5.33. The van der Waals surface area contributed by atoms with E-state index in [0.29, 0.717) is 25.7 Å². The van der Waals surface area contributed by atoms with Crippen LogP contribution in [0.3, 0.4) is 0 Å². The van der Waals surface area contributed by atoms with Crippen molar-refractivity contribution in [1.29, 1.82) is 0 Å². The zero-order chi connectivity index (χ0) is 23.1. The van der Waals surface area contributed by atoms with Gasteiger partial charge in [0.05, 0.1) is 31.5 Å². The fraction of sp³-hybridized carbons (Fsp3) is 0.783. The van der Waals surface area contributed by atoms with Gasteiger partial charge < -0.3 is 35.0 Å². The molecule has 0 aliphatic carbocycles. The van der Waals surface area contributed by atoms with Gasteiger partial charge in [0.2, 0.25) is 0 Å². The standard InChI is InChI=1S/C23H40O8/c1-2-3-6-9-17(26)12-13-21-19(20(27)14-23(29)31-21)10-7-4-5-8-11-22(28)30-18(15-24)16-25/h4,7,12-13,17-21,23-27,29H,2-3,5-6,8-11,14-16H2,1H3/b7-4-,13-12+/t17-,19-,20?,21?,23?/m0/s1. The molecule has 1 aliphatic rings. The third-order valence-corrected chi connectivity index (χ3v) is 5.33. The van der Waals surface area contributed by atoms with E-state index in [-0.39, 0.29) is 18.8 Å². The van der Waals surface area contributed by atoms with Crippen LogP contribution in [0.5, 0.6) is 0 Å². The highest BCUT2D eigenvalue weighted by atomic mass is 16.6. The second-order valence-corrected chi connectivity index (χ2v) is 8.05. The predicted octanol–water partition coefficient (Wildman–Crippen LogP) is 1.58. The lowest BCUT2D eigenvalue weighted by atomic mass is 9.87. The first-order chi connectivity index (χ1) is 14.9. The third kappa shape index (κ3) is 11.8. The number of hydrogen-bond acceptors (Lipinski definition) is 8. The number of aliphatic hydroxyl groups excluding tert-OH is 5. The summed E-state index contributed by atoms with van der Waals surface area (Å²) in [7, 11) is 0. The summed E-state index contributed by atoms with van der Waals surface area (Å²) in [5.41, 5.74) is 0. The lowest BCUT2D eigenvalue weighted by Gasteiger charge is -2.36. The number of carbonyl (C=O) groups excluding carboxylic acids is 1. The molecule has 5 atom stereocenters. The predicted molar refractivity (Wildman–Crippen MR) is 116 cm³/mol. The largest absolute Gasteiger partial charge is 0.457 e. The van der Waals surface area contributed by atoms with Gasteiger partial charge in [0, 0.05) is 18.8 Å². The maximum absolute atomic E-state index is 11.6. The van der Waals surface area contributed by atoms with Crippen LogP contribution in [0.25, 0.3) is 0 Å². The van der Waals surface area contributed by atoms with Crippen molar-refractivity contribution in [2.24, 2.45) is 5.92 Å². The van der Waals surface area contributed by atoms with Gasteiger partial charge >= 0.3 is 5.97 Å². The van der Waals surface area contributed by atoms with Crippen molar-refractivity contribution in [3.63, 3.8) is 0 Å². The van der Waals surface area contributed by atoms with Crippen molar-refractivity contribution < 1.29 is 39.8 Å². The highest BCUT2D eigenvalue weighted by Gasteiger charge is 2.35. The van der Waals surface area contributed by atoms with Gasteiger partial charge in [-0.15, -0.1) is 0 Å². The van der Waals surface area contributed by atoms with Crippen LogP contribution < -0.4 is 0 Å². The van der Waals surface area contributed by atoms with E-state index in [1.165, 1.54) is 0 Å². The first-order valence-corrected chi connectivity index (χ1v) is 11.3. The highest BCUT2D eigenvalue weighted by molar-refractivity contribution is 5.69. The molecule has 0 spiro atoms. The van der Waals surface area contributed by atoms with Crippen LogP contribution in [0, 0.1) is 5.92 Å². The monoisotopic (exact) mass is 444 g/mol. The molecule has 1 rings (SSSR count). The molecule has 0 bridgehead atoms. The Kier molecular flexibility index (Phi) is 14.6. The van der Waals surface area contributed by atoms with E-state index in [1.54, 1.807) is 12.2 Å². The minimum Gasteiger partial charge on any atom is -0.457 e. The second-order valence-electron chi connectivity index (χ2n) is 8.05. The Hall–Kier alpha value is -1.29. The van der Waals surface area contributed by atoms with Crippen molar-refractivity contribution in [3.8, 4) is 0 Å². The number of rotatable bonds is 15. The number of allylic oxidation sites excluding steroid dienone is 2. The second kappa shape index (κ2) is 16.4. The van der Waals surface area contributed by atoms with E-state index in [4.69, 9.17) is 19.7 Å². The fourth-order valence-corrected chi connectivity index (χ4v) is 3.47. The van der Waals surface area contributed by atoms with Crippen molar-refractivity contribution in [2.75, 3.05) is 13.2 Å². The SMILES string of the molecule is CCCCC[C@H](O)/C=C/C1OC(O)CC(O)[C@@H]1C/C=C\CCCC(=O)OC(CO)CO. The topological polar surface area (TPSA) is 137 Å². The summed E-state index contributed by atoms with van der Waals surface area (Å²) in [6, 6.07) is 0. The normalized spacial score (nSPS) is 25.5. The van der Waals surface area contributed by atoms with E-state index < -0.39 is 49.9 Å².